The molecule has 0 spiro atoms. The summed E-state index contributed by atoms with van der Waals surface area (Å²) >= 11 is 6.00. The molecule has 1 aromatic carbocycles. The molecule has 0 aliphatic rings. The van der Waals surface area contributed by atoms with E-state index in [1.54, 1.807) is 23.1 Å². The highest BCUT2D eigenvalue weighted by Gasteiger charge is 2.19. The lowest BCUT2D eigenvalue weighted by Crippen LogP contribution is -2.36. The number of carbonyl (C=O) groups is 1. The number of nitrogens with two attached hydrogens (primary N) is 1. The van der Waals surface area contributed by atoms with E-state index in [4.69, 9.17) is 17.3 Å². The SMILES string of the molecule is CCN(C(=O)c1ccc(N)cc1Cl)C(C)C.Cl. The third-order valence-corrected chi connectivity index (χ3v) is 2.76. The van der Waals surface area contributed by atoms with Crippen molar-refractivity contribution in [1.82, 2.24) is 4.90 Å². The van der Waals surface area contributed by atoms with E-state index in [1.165, 1.54) is 0 Å². The molecule has 17 heavy (non-hydrogen) atoms. The summed E-state index contributed by atoms with van der Waals surface area (Å²) in [5, 5.41) is 0.407. The van der Waals surface area contributed by atoms with Crippen LogP contribution in [0.1, 0.15) is 31.1 Å². The summed E-state index contributed by atoms with van der Waals surface area (Å²) < 4.78 is 0. The van der Waals surface area contributed by atoms with Crippen molar-refractivity contribution < 1.29 is 4.79 Å². The summed E-state index contributed by atoms with van der Waals surface area (Å²) in [4.78, 5) is 13.9. The van der Waals surface area contributed by atoms with Crippen LogP contribution in [0.4, 0.5) is 5.69 Å². The van der Waals surface area contributed by atoms with E-state index in [0.29, 0.717) is 22.8 Å². The number of nitrogen functional groups attached to an aromatic ring is 1. The summed E-state index contributed by atoms with van der Waals surface area (Å²) in [6.07, 6.45) is 0. The largest absolute Gasteiger partial charge is 0.399 e. The number of anilines is 1. The first kappa shape index (κ1) is 16.1. The van der Waals surface area contributed by atoms with Crippen LogP contribution in [0.5, 0.6) is 0 Å². The lowest BCUT2D eigenvalue weighted by atomic mass is 10.1. The molecule has 0 fully saturated rings. The molecular formula is C12H18Cl2N2O. The summed E-state index contributed by atoms with van der Waals surface area (Å²) in [5.74, 6) is -0.0532. The Balaban J connectivity index is 0.00000256. The molecule has 1 rings (SSSR count). The topological polar surface area (TPSA) is 46.3 Å². The van der Waals surface area contributed by atoms with Crippen molar-refractivity contribution in [3.8, 4) is 0 Å². The highest BCUT2D eigenvalue weighted by atomic mass is 35.5. The Labute approximate surface area is 113 Å². The highest BCUT2D eigenvalue weighted by molar-refractivity contribution is 6.34. The van der Waals surface area contributed by atoms with Crippen LogP contribution in [0, 0.1) is 0 Å². The molecule has 0 heterocycles. The van der Waals surface area contributed by atoms with Crippen molar-refractivity contribution in [2.45, 2.75) is 26.8 Å². The van der Waals surface area contributed by atoms with Crippen LogP contribution < -0.4 is 5.73 Å². The Hall–Kier alpha value is -0.930. The van der Waals surface area contributed by atoms with Crippen molar-refractivity contribution in [2.24, 2.45) is 0 Å². The molecule has 96 valence electrons. The van der Waals surface area contributed by atoms with Gasteiger partial charge in [0.1, 0.15) is 0 Å². The van der Waals surface area contributed by atoms with E-state index in [2.05, 4.69) is 0 Å². The van der Waals surface area contributed by atoms with Gasteiger partial charge in [0.2, 0.25) is 0 Å². The first-order valence-electron chi connectivity index (χ1n) is 5.33. The maximum atomic E-state index is 12.2. The first-order valence-corrected chi connectivity index (χ1v) is 5.71. The van der Waals surface area contributed by atoms with Crippen molar-refractivity contribution in [1.29, 1.82) is 0 Å². The Morgan fingerprint density at radius 2 is 2.06 bits per heavy atom. The van der Waals surface area contributed by atoms with Crippen molar-refractivity contribution in [3.05, 3.63) is 28.8 Å². The molecule has 0 radical (unpaired) electrons. The van der Waals surface area contributed by atoms with E-state index in [-0.39, 0.29) is 24.4 Å². The third kappa shape index (κ3) is 3.79. The number of amides is 1. The molecule has 3 nitrogen and oxygen atoms in total. The second-order valence-electron chi connectivity index (χ2n) is 3.92. The van der Waals surface area contributed by atoms with Crippen LogP contribution in [-0.2, 0) is 0 Å². The Bertz CT molecular complexity index is 394. The molecule has 0 bridgehead atoms. The quantitative estimate of drug-likeness (QED) is 0.862. The van der Waals surface area contributed by atoms with Crippen LogP contribution in [0.15, 0.2) is 18.2 Å². The van der Waals surface area contributed by atoms with E-state index in [0.717, 1.165) is 0 Å². The predicted molar refractivity (Wildman–Crippen MR) is 75.0 cm³/mol. The van der Waals surface area contributed by atoms with Gasteiger partial charge in [0.15, 0.2) is 0 Å². The number of hydrogen-bond acceptors (Lipinski definition) is 2. The molecule has 1 amide bonds. The zero-order valence-electron chi connectivity index (χ0n) is 10.2. The van der Waals surface area contributed by atoms with Gasteiger partial charge < -0.3 is 10.6 Å². The fraction of sp³-hybridized carbons (Fsp3) is 0.417. The van der Waals surface area contributed by atoms with Gasteiger partial charge in [-0.1, -0.05) is 11.6 Å². The van der Waals surface area contributed by atoms with E-state index in [1.807, 2.05) is 20.8 Å². The second-order valence-corrected chi connectivity index (χ2v) is 4.33. The van der Waals surface area contributed by atoms with Gasteiger partial charge in [0.25, 0.3) is 5.91 Å². The smallest absolute Gasteiger partial charge is 0.255 e. The Morgan fingerprint density at radius 3 is 2.47 bits per heavy atom. The zero-order valence-corrected chi connectivity index (χ0v) is 11.8. The van der Waals surface area contributed by atoms with Crippen LogP contribution in [0.3, 0.4) is 0 Å². The number of halogens is 2. The molecule has 0 aliphatic carbocycles. The van der Waals surface area contributed by atoms with Gasteiger partial charge in [0.05, 0.1) is 10.6 Å². The number of carbonyl (C=O) groups excluding carboxylic acids is 1. The van der Waals surface area contributed by atoms with Crippen LogP contribution in [0.25, 0.3) is 0 Å². The van der Waals surface area contributed by atoms with E-state index in [9.17, 15) is 4.79 Å². The van der Waals surface area contributed by atoms with Gasteiger partial charge in [-0.05, 0) is 39.0 Å². The van der Waals surface area contributed by atoms with Crippen molar-refractivity contribution in [2.75, 3.05) is 12.3 Å². The summed E-state index contributed by atoms with van der Waals surface area (Å²) in [5.41, 5.74) is 6.66. The summed E-state index contributed by atoms with van der Waals surface area (Å²) in [7, 11) is 0. The predicted octanol–water partition coefficient (Wildman–Crippen LogP) is 3.21. The minimum absolute atomic E-state index is 0. The van der Waals surface area contributed by atoms with Gasteiger partial charge >= 0.3 is 0 Å². The lowest BCUT2D eigenvalue weighted by molar-refractivity contribution is 0.0717. The molecule has 1 aromatic rings. The minimum Gasteiger partial charge on any atom is -0.399 e. The molecule has 2 N–H and O–H groups in total. The van der Waals surface area contributed by atoms with Gasteiger partial charge in [-0.2, -0.15) is 0 Å². The van der Waals surface area contributed by atoms with Gasteiger partial charge in [-0.15, -0.1) is 12.4 Å². The fourth-order valence-corrected chi connectivity index (χ4v) is 1.87. The van der Waals surface area contributed by atoms with E-state index < -0.39 is 0 Å². The standard InChI is InChI=1S/C12H17ClN2O.ClH/c1-4-15(8(2)3)12(16)10-6-5-9(14)7-11(10)13;/h5-8H,4,14H2,1-3H3;1H. The molecule has 0 saturated heterocycles. The average Bonchev–Trinajstić information content (AvgIpc) is 2.17. The molecule has 5 heteroatoms. The third-order valence-electron chi connectivity index (χ3n) is 2.45. The molecular weight excluding hydrogens is 259 g/mol. The second kappa shape index (κ2) is 6.72. The molecule has 0 aliphatic heterocycles. The van der Waals surface area contributed by atoms with Crippen LogP contribution in [-0.4, -0.2) is 23.4 Å². The molecule has 0 aromatic heterocycles. The Kier molecular flexibility index (Phi) is 6.35. The maximum absolute atomic E-state index is 12.2. The number of nitrogens with zero attached hydrogens (tertiary/aromatic N) is 1. The van der Waals surface area contributed by atoms with Crippen LogP contribution in [0.2, 0.25) is 5.02 Å². The first-order chi connectivity index (χ1) is 7.47. The molecule has 0 saturated carbocycles. The minimum atomic E-state index is -0.0532. The van der Waals surface area contributed by atoms with Crippen LogP contribution >= 0.6 is 24.0 Å². The molecule has 0 atom stereocenters. The number of rotatable bonds is 3. The maximum Gasteiger partial charge on any atom is 0.255 e. The summed E-state index contributed by atoms with van der Waals surface area (Å²) in [6, 6.07) is 5.12. The van der Waals surface area contributed by atoms with Crippen molar-refractivity contribution >= 4 is 35.6 Å². The molecule has 0 unspecified atom stereocenters. The lowest BCUT2D eigenvalue weighted by Gasteiger charge is -2.25. The van der Waals surface area contributed by atoms with Gasteiger partial charge in [-0.3, -0.25) is 4.79 Å². The average molecular weight is 277 g/mol. The monoisotopic (exact) mass is 276 g/mol. The number of benzene rings is 1. The van der Waals surface area contributed by atoms with Gasteiger partial charge in [0, 0.05) is 18.3 Å². The van der Waals surface area contributed by atoms with E-state index >= 15 is 0 Å². The summed E-state index contributed by atoms with van der Waals surface area (Å²) in [6.45, 7) is 6.57. The fourth-order valence-electron chi connectivity index (χ4n) is 1.60. The zero-order chi connectivity index (χ0) is 12.3. The number of hydrogen-bond donors (Lipinski definition) is 1. The highest BCUT2D eigenvalue weighted by Crippen LogP contribution is 2.21. The normalized spacial score (nSPS) is 9.94. The van der Waals surface area contributed by atoms with Crippen molar-refractivity contribution in [3.63, 3.8) is 0 Å². The van der Waals surface area contributed by atoms with Gasteiger partial charge in [-0.25, -0.2) is 0 Å². The Morgan fingerprint density at radius 1 is 1.47 bits per heavy atom.